The first-order valence-electron chi connectivity index (χ1n) is 9.36. The van der Waals surface area contributed by atoms with E-state index in [0.717, 1.165) is 0 Å². The van der Waals surface area contributed by atoms with Gasteiger partial charge in [0.05, 0.1) is 13.1 Å². The van der Waals surface area contributed by atoms with E-state index in [1.54, 1.807) is 0 Å². The van der Waals surface area contributed by atoms with Crippen molar-refractivity contribution in [1.82, 2.24) is 20.4 Å². The average molecular weight is 397 g/mol. The van der Waals surface area contributed by atoms with Crippen LogP contribution >= 0.6 is 0 Å². The van der Waals surface area contributed by atoms with Crippen molar-refractivity contribution in [3.8, 4) is 0 Å². The fraction of sp³-hybridized carbons (Fsp3) is 0.706. The number of amides is 4. The summed E-state index contributed by atoms with van der Waals surface area (Å²) in [5.41, 5.74) is 5.22. The molecule has 11 heteroatoms. The quantitative estimate of drug-likeness (QED) is 0.373. The molecule has 0 aromatic carbocycles. The fourth-order valence-electron chi connectivity index (χ4n) is 3.62. The highest BCUT2D eigenvalue weighted by molar-refractivity contribution is 5.94. The van der Waals surface area contributed by atoms with Crippen LogP contribution in [0.1, 0.15) is 32.6 Å². The van der Waals surface area contributed by atoms with Gasteiger partial charge in [-0.3, -0.25) is 19.2 Å². The molecule has 2 rings (SSSR count). The average Bonchev–Trinajstić information content (AvgIpc) is 3.34. The van der Waals surface area contributed by atoms with E-state index in [2.05, 4.69) is 10.6 Å². The lowest BCUT2D eigenvalue weighted by atomic mass is 10.2. The summed E-state index contributed by atoms with van der Waals surface area (Å²) in [6.45, 7) is 1.68. The molecule has 3 atom stereocenters. The van der Waals surface area contributed by atoms with Crippen LogP contribution in [-0.4, -0.2) is 88.8 Å². The maximum absolute atomic E-state index is 12.5. The molecule has 0 bridgehead atoms. The maximum atomic E-state index is 12.5. The lowest BCUT2D eigenvalue weighted by Gasteiger charge is -2.27. The van der Waals surface area contributed by atoms with Crippen molar-refractivity contribution in [2.24, 2.45) is 5.73 Å². The molecule has 0 aliphatic carbocycles. The Morgan fingerprint density at radius 3 is 2.29 bits per heavy atom. The lowest BCUT2D eigenvalue weighted by molar-refractivity contribution is -0.148. The molecule has 0 spiro atoms. The van der Waals surface area contributed by atoms with E-state index < -0.39 is 47.7 Å². The normalized spacial score (nSPS) is 22.6. The molecular formula is C17H27N5O6. The van der Waals surface area contributed by atoms with Crippen LogP contribution in [-0.2, 0) is 24.0 Å². The van der Waals surface area contributed by atoms with Gasteiger partial charge in [-0.1, -0.05) is 0 Å². The van der Waals surface area contributed by atoms with E-state index in [1.807, 2.05) is 0 Å². The van der Waals surface area contributed by atoms with Gasteiger partial charge in [0.25, 0.3) is 0 Å². The molecule has 2 fully saturated rings. The highest BCUT2D eigenvalue weighted by Crippen LogP contribution is 2.19. The third kappa shape index (κ3) is 4.97. The molecule has 0 radical (unpaired) electrons. The van der Waals surface area contributed by atoms with E-state index in [-0.39, 0.29) is 13.1 Å². The number of carboxylic acid groups (broad SMARTS) is 1. The summed E-state index contributed by atoms with van der Waals surface area (Å²) in [5, 5.41) is 14.1. The van der Waals surface area contributed by atoms with Crippen LogP contribution in [0, 0.1) is 0 Å². The van der Waals surface area contributed by atoms with Crippen molar-refractivity contribution in [3.63, 3.8) is 0 Å². The molecule has 2 aliphatic heterocycles. The highest BCUT2D eigenvalue weighted by atomic mass is 16.4. The Hall–Kier alpha value is -2.69. The summed E-state index contributed by atoms with van der Waals surface area (Å²) in [6.07, 6.45) is 2.08. The monoisotopic (exact) mass is 397 g/mol. The van der Waals surface area contributed by atoms with Crippen LogP contribution in [0.15, 0.2) is 0 Å². The zero-order chi connectivity index (χ0) is 20.8. The molecule has 0 aromatic heterocycles. The number of carbonyl (C=O) groups is 5. The van der Waals surface area contributed by atoms with Crippen molar-refractivity contribution in [2.75, 3.05) is 26.2 Å². The predicted molar refractivity (Wildman–Crippen MR) is 96.8 cm³/mol. The number of carbonyl (C=O) groups excluding carboxylic acids is 4. The standard InChI is InChI=1S/C17H27N5O6/c1-10(20-13(23)8-18)16(26)22-7-2-4-11(22)15(25)19-9-14(24)21-6-3-5-12(21)17(27)28/h10-12H,2-9,18H2,1H3,(H,19,25)(H,20,23)(H,27,28)/t10-,11-,12-/m0/s1. The van der Waals surface area contributed by atoms with Crippen LogP contribution in [0.5, 0.6) is 0 Å². The minimum Gasteiger partial charge on any atom is -0.480 e. The number of nitrogens with two attached hydrogens (primary N) is 1. The summed E-state index contributed by atoms with van der Waals surface area (Å²) >= 11 is 0. The molecule has 2 saturated heterocycles. The Kier molecular flexibility index (Phi) is 7.32. The minimum atomic E-state index is -1.06. The Morgan fingerprint density at radius 1 is 1.07 bits per heavy atom. The van der Waals surface area contributed by atoms with Gasteiger partial charge in [0.2, 0.25) is 23.6 Å². The first-order chi connectivity index (χ1) is 13.3. The summed E-state index contributed by atoms with van der Waals surface area (Å²) in [5.74, 6) is -2.85. The molecule has 28 heavy (non-hydrogen) atoms. The van der Waals surface area contributed by atoms with Gasteiger partial charge in [-0.2, -0.15) is 0 Å². The Morgan fingerprint density at radius 2 is 1.68 bits per heavy atom. The van der Waals surface area contributed by atoms with Crippen molar-refractivity contribution in [3.05, 3.63) is 0 Å². The lowest BCUT2D eigenvalue weighted by Crippen LogP contribution is -2.54. The number of likely N-dealkylation sites (tertiary alicyclic amines) is 2. The molecule has 4 amide bonds. The SMILES string of the molecule is C[C@H](NC(=O)CN)C(=O)N1CCC[C@H]1C(=O)NCC(=O)N1CCC[C@H]1C(=O)O. The largest absolute Gasteiger partial charge is 0.480 e. The molecule has 2 aliphatic rings. The van der Waals surface area contributed by atoms with E-state index >= 15 is 0 Å². The molecule has 11 nitrogen and oxygen atoms in total. The van der Waals surface area contributed by atoms with Gasteiger partial charge in [0.15, 0.2) is 0 Å². The summed E-state index contributed by atoms with van der Waals surface area (Å²) in [7, 11) is 0. The van der Waals surface area contributed by atoms with Crippen LogP contribution in [0.3, 0.4) is 0 Å². The Balaban J connectivity index is 1.90. The molecule has 5 N–H and O–H groups in total. The molecular weight excluding hydrogens is 370 g/mol. The van der Waals surface area contributed by atoms with Gasteiger partial charge in [0.1, 0.15) is 18.1 Å². The second kappa shape index (κ2) is 9.49. The summed E-state index contributed by atoms with van der Waals surface area (Å²) < 4.78 is 0. The van der Waals surface area contributed by atoms with E-state index in [1.165, 1.54) is 16.7 Å². The topological polar surface area (TPSA) is 162 Å². The second-order valence-electron chi connectivity index (χ2n) is 6.98. The zero-order valence-electron chi connectivity index (χ0n) is 15.8. The van der Waals surface area contributed by atoms with Gasteiger partial charge in [-0.05, 0) is 32.6 Å². The number of carboxylic acids is 1. The van der Waals surface area contributed by atoms with Crippen LogP contribution in [0.25, 0.3) is 0 Å². The van der Waals surface area contributed by atoms with Gasteiger partial charge < -0.3 is 31.3 Å². The van der Waals surface area contributed by atoms with Crippen molar-refractivity contribution in [2.45, 2.75) is 50.7 Å². The number of aliphatic carboxylic acids is 1. The van der Waals surface area contributed by atoms with E-state index in [4.69, 9.17) is 10.8 Å². The van der Waals surface area contributed by atoms with Crippen LogP contribution in [0.4, 0.5) is 0 Å². The van der Waals surface area contributed by atoms with E-state index in [0.29, 0.717) is 38.8 Å². The smallest absolute Gasteiger partial charge is 0.326 e. The number of hydrogen-bond acceptors (Lipinski definition) is 6. The highest BCUT2D eigenvalue weighted by Gasteiger charge is 2.37. The van der Waals surface area contributed by atoms with Crippen LogP contribution < -0.4 is 16.4 Å². The van der Waals surface area contributed by atoms with E-state index in [9.17, 15) is 24.0 Å². The first kappa shape index (κ1) is 21.6. The van der Waals surface area contributed by atoms with Gasteiger partial charge >= 0.3 is 5.97 Å². The number of hydrogen-bond donors (Lipinski definition) is 4. The number of rotatable bonds is 7. The zero-order valence-corrected chi connectivity index (χ0v) is 15.8. The number of nitrogens with one attached hydrogen (secondary N) is 2. The molecule has 156 valence electrons. The molecule has 0 saturated carbocycles. The molecule has 0 aromatic rings. The third-order valence-corrected chi connectivity index (χ3v) is 5.04. The van der Waals surface area contributed by atoms with Crippen molar-refractivity contribution < 1.29 is 29.1 Å². The minimum absolute atomic E-state index is 0.239. The first-order valence-corrected chi connectivity index (χ1v) is 9.36. The summed E-state index contributed by atoms with van der Waals surface area (Å²) in [6, 6.07) is -2.40. The fourth-order valence-corrected chi connectivity index (χ4v) is 3.62. The van der Waals surface area contributed by atoms with Crippen LogP contribution in [0.2, 0.25) is 0 Å². The second-order valence-corrected chi connectivity index (χ2v) is 6.98. The Labute approximate surface area is 162 Å². The molecule has 0 unspecified atom stereocenters. The van der Waals surface area contributed by atoms with Crippen molar-refractivity contribution >= 4 is 29.6 Å². The van der Waals surface area contributed by atoms with Gasteiger partial charge in [-0.25, -0.2) is 4.79 Å². The maximum Gasteiger partial charge on any atom is 0.326 e. The Bertz CT molecular complexity index is 654. The van der Waals surface area contributed by atoms with Gasteiger partial charge in [-0.15, -0.1) is 0 Å². The van der Waals surface area contributed by atoms with Gasteiger partial charge in [0, 0.05) is 13.1 Å². The predicted octanol–water partition coefficient (Wildman–Crippen LogP) is -2.37. The third-order valence-electron chi connectivity index (χ3n) is 5.04. The summed E-state index contributed by atoms with van der Waals surface area (Å²) in [4.78, 5) is 62.5. The molecule has 2 heterocycles. The van der Waals surface area contributed by atoms with Crippen molar-refractivity contribution in [1.29, 1.82) is 0 Å². The number of nitrogens with zero attached hydrogens (tertiary/aromatic N) is 2.